The highest BCUT2D eigenvalue weighted by atomic mass is 16.5. The Hall–Kier alpha value is -0.650. The second-order valence-electron chi connectivity index (χ2n) is 5.09. The van der Waals surface area contributed by atoms with Crippen LogP contribution in [0.15, 0.2) is 0 Å². The summed E-state index contributed by atoms with van der Waals surface area (Å²) >= 11 is 0. The third-order valence-corrected chi connectivity index (χ3v) is 2.23. The van der Waals surface area contributed by atoms with E-state index in [1.165, 1.54) is 0 Å². The van der Waals surface area contributed by atoms with Gasteiger partial charge in [0.25, 0.3) is 0 Å². The summed E-state index contributed by atoms with van der Waals surface area (Å²) in [6.07, 6.45) is 0.646. The van der Waals surface area contributed by atoms with Crippen molar-refractivity contribution in [2.45, 2.75) is 40.2 Å². The second kappa shape index (κ2) is 12.4. The molecule has 1 amide bonds. The smallest absolute Gasteiger partial charge is 0.222 e. The van der Waals surface area contributed by atoms with Crippen molar-refractivity contribution in [2.75, 3.05) is 39.6 Å². The molecule has 0 aliphatic carbocycles. The molecule has 0 heterocycles. The van der Waals surface area contributed by atoms with Gasteiger partial charge in [-0.3, -0.25) is 4.79 Å². The Morgan fingerprint density at radius 1 is 1.00 bits per heavy atom. The minimum atomic E-state index is 0. The van der Waals surface area contributed by atoms with Gasteiger partial charge in [0.1, 0.15) is 0 Å². The third-order valence-electron chi connectivity index (χ3n) is 2.23. The molecule has 0 aliphatic rings. The SMILES string of the molecule is CC(C)CNC(=O)CCOCCOCCOC(C)C.[HH]. The van der Waals surface area contributed by atoms with Crippen LogP contribution in [0.2, 0.25) is 0 Å². The van der Waals surface area contributed by atoms with Crippen molar-refractivity contribution < 1.29 is 20.4 Å². The Bertz CT molecular complexity index is 225. The van der Waals surface area contributed by atoms with Gasteiger partial charge >= 0.3 is 0 Å². The van der Waals surface area contributed by atoms with Gasteiger partial charge in [0.15, 0.2) is 0 Å². The molecule has 19 heavy (non-hydrogen) atoms. The van der Waals surface area contributed by atoms with E-state index in [9.17, 15) is 4.79 Å². The second-order valence-corrected chi connectivity index (χ2v) is 5.09. The monoisotopic (exact) mass is 277 g/mol. The number of ether oxygens (including phenoxy) is 3. The van der Waals surface area contributed by atoms with Crippen LogP contribution in [0, 0.1) is 5.92 Å². The van der Waals surface area contributed by atoms with Crippen LogP contribution in [0.1, 0.15) is 35.5 Å². The summed E-state index contributed by atoms with van der Waals surface area (Å²) in [5.41, 5.74) is 0. The Balaban J connectivity index is 0. The Morgan fingerprint density at radius 2 is 1.58 bits per heavy atom. The van der Waals surface area contributed by atoms with Gasteiger partial charge in [-0.15, -0.1) is 0 Å². The van der Waals surface area contributed by atoms with Crippen LogP contribution in [0.5, 0.6) is 0 Å². The van der Waals surface area contributed by atoms with E-state index in [0.717, 1.165) is 6.54 Å². The van der Waals surface area contributed by atoms with Crippen molar-refractivity contribution in [3.05, 3.63) is 0 Å². The van der Waals surface area contributed by atoms with Gasteiger partial charge in [-0.25, -0.2) is 0 Å². The molecule has 0 spiro atoms. The standard InChI is InChI=1S/C14H29NO4.H2/c1-12(2)11-15-14(16)5-6-17-7-8-18-9-10-19-13(3)4;/h12-13H,5-11H2,1-4H3,(H,15,16);1H. The molecule has 0 bridgehead atoms. The predicted molar refractivity (Wildman–Crippen MR) is 77.3 cm³/mol. The number of hydrogen-bond acceptors (Lipinski definition) is 4. The van der Waals surface area contributed by atoms with E-state index in [-0.39, 0.29) is 13.4 Å². The van der Waals surface area contributed by atoms with Gasteiger partial charge in [-0.1, -0.05) is 13.8 Å². The van der Waals surface area contributed by atoms with Crippen molar-refractivity contribution >= 4 is 5.91 Å². The molecule has 0 radical (unpaired) electrons. The fraction of sp³-hybridized carbons (Fsp3) is 0.929. The number of carbonyl (C=O) groups is 1. The van der Waals surface area contributed by atoms with Crippen LogP contribution in [0.25, 0.3) is 0 Å². The first-order valence-corrected chi connectivity index (χ1v) is 7.06. The molecule has 0 aromatic heterocycles. The number of hydrogen-bond donors (Lipinski definition) is 1. The van der Waals surface area contributed by atoms with Gasteiger partial charge in [-0.2, -0.15) is 0 Å². The van der Waals surface area contributed by atoms with Crippen molar-refractivity contribution in [1.82, 2.24) is 5.32 Å². The average Bonchev–Trinajstić information content (AvgIpc) is 2.34. The van der Waals surface area contributed by atoms with Gasteiger partial charge in [0.2, 0.25) is 5.91 Å². The molecule has 0 saturated carbocycles. The highest BCUT2D eigenvalue weighted by molar-refractivity contribution is 5.75. The zero-order chi connectivity index (χ0) is 14.5. The normalized spacial score (nSPS) is 11.3. The summed E-state index contributed by atoms with van der Waals surface area (Å²) in [6, 6.07) is 0. The first-order valence-electron chi connectivity index (χ1n) is 7.06. The van der Waals surface area contributed by atoms with Crippen molar-refractivity contribution in [3.8, 4) is 0 Å². The molecular weight excluding hydrogens is 246 g/mol. The molecule has 5 heteroatoms. The first-order chi connectivity index (χ1) is 9.02. The number of nitrogens with one attached hydrogen (secondary N) is 1. The first kappa shape index (κ1) is 18.4. The Morgan fingerprint density at radius 3 is 2.16 bits per heavy atom. The molecule has 0 atom stereocenters. The fourth-order valence-corrected chi connectivity index (χ4v) is 1.24. The van der Waals surface area contributed by atoms with E-state index in [0.29, 0.717) is 45.4 Å². The van der Waals surface area contributed by atoms with E-state index in [1.54, 1.807) is 0 Å². The quantitative estimate of drug-likeness (QED) is 0.553. The lowest BCUT2D eigenvalue weighted by atomic mass is 10.2. The highest BCUT2D eigenvalue weighted by Crippen LogP contribution is 1.90. The Kier molecular flexibility index (Phi) is 12.0. The fourth-order valence-electron chi connectivity index (χ4n) is 1.24. The number of carbonyl (C=O) groups excluding carboxylic acids is 1. The summed E-state index contributed by atoms with van der Waals surface area (Å²) in [4.78, 5) is 11.3. The molecule has 0 aromatic rings. The minimum absolute atomic E-state index is 0. The third kappa shape index (κ3) is 15.3. The minimum Gasteiger partial charge on any atom is -0.379 e. The molecule has 0 unspecified atom stereocenters. The summed E-state index contributed by atoms with van der Waals surface area (Å²) in [6.45, 7) is 11.5. The molecule has 0 rings (SSSR count). The lowest BCUT2D eigenvalue weighted by Crippen LogP contribution is -2.28. The van der Waals surface area contributed by atoms with E-state index < -0.39 is 0 Å². The van der Waals surface area contributed by atoms with Crippen LogP contribution < -0.4 is 5.32 Å². The largest absolute Gasteiger partial charge is 0.379 e. The molecule has 0 fully saturated rings. The van der Waals surface area contributed by atoms with Crippen LogP contribution in [-0.4, -0.2) is 51.6 Å². The maximum absolute atomic E-state index is 11.3. The van der Waals surface area contributed by atoms with Crippen LogP contribution in [0.3, 0.4) is 0 Å². The Labute approximate surface area is 118 Å². The lowest BCUT2D eigenvalue weighted by Gasteiger charge is -2.09. The molecular formula is C14H31NO4. The van der Waals surface area contributed by atoms with E-state index in [1.807, 2.05) is 13.8 Å². The van der Waals surface area contributed by atoms with Crippen LogP contribution in [0.4, 0.5) is 0 Å². The molecule has 116 valence electrons. The lowest BCUT2D eigenvalue weighted by molar-refractivity contribution is -0.122. The van der Waals surface area contributed by atoms with Crippen molar-refractivity contribution in [1.29, 1.82) is 0 Å². The van der Waals surface area contributed by atoms with Gasteiger partial charge in [0, 0.05) is 14.4 Å². The number of amides is 1. The topological polar surface area (TPSA) is 56.8 Å². The van der Waals surface area contributed by atoms with Gasteiger partial charge in [-0.05, 0) is 19.8 Å². The zero-order valence-corrected chi connectivity index (χ0v) is 12.7. The van der Waals surface area contributed by atoms with Crippen LogP contribution in [-0.2, 0) is 19.0 Å². The molecule has 0 aliphatic heterocycles. The maximum atomic E-state index is 11.3. The average molecular weight is 277 g/mol. The summed E-state index contributed by atoms with van der Waals surface area (Å²) in [7, 11) is 0. The van der Waals surface area contributed by atoms with Gasteiger partial charge in [0.05, 0.1) is 39.1 Å². The summed E-state index contributed by atoms with van der Waals surface area (Å²) < 4.78 is 16.0. The van der Waals surface area contributed by atoms with E-state index in [2.05, 4.69) is 19.2 Å². The van der Waals surface area contributed by atoms with Crippen molar-refractivity contribution in [3.63, 3.8) is 0 Å². The van der Waals surface area contributed by atoms with Crippen LogP contribution >= 0.6 is 0 Å². The molecule has 5 nitrogen and oxygen atoms in total. The predicted octanol–water partition coefficient (Wildman–Crippen LogP) is 1.85. The van der Waals surface area contributed by atoms with Gasteiger partial charge < -0.3 is 19.5 Å². The summed E-state index contributed by atoms with van der Waals surface area (Å²) in [5.74, 6) is 0.520. The summed E-state index contributed by atoms with van der Waals surface area (Å²) in [5, 5.41) is 2.84. The molecule has 1 N–H and O–H groups in total. The van der Waals surface area contributed by atoms with E-state index in [4.69, 9.17) is 14.2 Å². The number of rotatable bonds is 12. The van der Waals surface area contributed by atoms with Crippen molar-refractivity contribution in [2.24, 2.45) is 5.92 Å². The zero-order valence-electron chi connectivity index (χ0n) is 12.7. The van der Waals surface area contributed by atoms with E-state index >= 15 is 0 Å². The highest BCUT2D eigenvalue weighted by Gasteiger charge is 2.01. The maximum Gasteiger partial charge on any atom is 0.222 e. The molecule has 0 saturated heterocycles. The molecule has 0 aromatic carbocycles.